The van der Waals surface area contributed by atoms with Crippen molar-refractivity contribution in [2.75, 3.05) is 21.0 Å². The Morgan fingerprint density at radius 2 is 1.81 bits per heavy atom. The molecular formula is C21H19NO5. The maximum atomic E-state index is 13.3. The van der Waals surface area contributed by atoms with Crippen LogP contribution >= 0.6 is 0 Å². The summed E-state index contributed by atoms with van der Waals surface area (Å²) in [7, 11) is 4.94. The van der Waals surface area contributed by atoms with Gasteiger partial charge in [0.25, 0.3) is 5.56 Å². The Morgan fingerprint density at radius 3 is 2.56 bits per heavy atom. The highest BCUT2D eigenvalue weighted by Gasteiger charge is 2.28. The molecule has 6 nitrogen and oxygen atoms in total. The van der Waals surface area contributed by atoms with Crippen LogP contribution in [0.4, 0.5) is 0 Å². The highest BCUT2D eigenvalue weighted by Crippen LogP contribution is 2.45. The molecule has 0 N–H and O–H groups in total. The number of ether oxygens (including phenoxy) is 4. The van der Waals surface area contributed by atoms with E-state index in [0.717, 1.165) is 46.5 Å². The Kier molecular flexibility index (Phi) is 3.37. The molecule has 0 unspecified atom stereocenters. The van der Waals surface area contributed by atoms with E-state index in [1.165, 1.54) is 5.56 Å². The van der Waals surface area contributed by atoms with Crippen LogP contribution in [0, 0.1) is 0 Å². The fourth-order valence-electron chi connectivity index (χ4n) is 4.26. The Hall–Kier alpha value is -3.15. The molecule has 2 aromatic carbocycles. The summed E-state index contributed by atoms with van der Waals surface area (Å²) in [4.78, 5) is 13.3. The Morgan fingerprint density at radius 1 is 1.04 bits per heavy atom. The fourth-order valence-corrected chi connectivity index (χ4v) is 4.26. The molecule has 0 saturated carbocycles. The van der Waals surface area contributed by atoms with E-state index in [4.69, 9.17) is 18.9 Å². The number of pyridine rings is 1. The van der Waals surface area contributed by atoms with Gasteiger partial charge in [0.05, 0.1) is 25.3 Å². The van der Waals surface area contributed by atoms with Crippen molar-refractivity contribution < 1.29 is 18.9 Å². The zero-order valence-electron chi connectivity index (χ0n) is 15.4. The normalized spacial score (nSPS) is 14.0. The second-order valence-electron chi connectivity index (χ2n) is 6.78. The van der Waals surface area contributed by atoms with Crippen molar-refractivity contribution in [2.24, 2.45) is 7.05 Å². The summed E-state index contributed by atoms with van der Waals surface area (Å²) in [6, 6.07) is 7.83. The summed E-state index contributed by atoms with van der Waals surface area (Å²) < 4.78 is 23.7. The van der Waals surface area contributed by atoms with Crippen LogP contribution in [-0.2, 0) is 19.9 Å². The Balaban J connectivity index is 1.88. The summed E-state index contributed by atoms with van der Waals surface area (Å²) in [5.41, 5.74) is 4.15. The summed E-state index contributed by atoms with van der Waals surface area (Å²) >= 11 is 0. The minimum Gasteiger partial charge on any atom is -0.493 e. The predicted octanol–water partition coefficient (Wildman–Crippen LogP) is 3.05. The van der Waals surface area contributed by atoms with Crippen LogP contribution in [-0.4, -0.2) is 25.6 Å². The van der Waals surface area contributed by atoms with E-state index in [0.29, 0.717) is 16.9 Å². The van der Waals surface area contributed by atoms with Crippen LogP contribution in [0.5, 0.6) is 23.0 Å². The third kappa shape index (κ3) is 2.10. The summed E-state index contributed by atoms with van der Waals surface area (Å²) in [5, 5.41) is 1.47. The average molecular weight is 365 g/mol. The molecule has 0 spiro atoms. The van der Waals surface area contributed by atoms with Gasteiger partial charge in [-0.25, -0.2) is 0 Å². The van der Waals surface area contributed by atoms with Crippen molar-refractivity contribution in [3.05, 3.63) is 45.7 Å². The molecular weight excluding hydrogens is 346 g/mol. The zero-order chi connectivity index (χ0) is 18.7. The molecule has 2 aliphatic rings. The monoisotopic (exact) mass is 365 g/mol. The first kappa shape index (κ1) is 16.1. The number of hydrogen-bond donors (Lipinski definition) is 0. The second kappa shape index (κ2) is 5.67. The lowest BCUT2D eigenvalue weighted by Crippen LogP contribution is -2.23. The molecule has 5 rings (SSSR count). The standard InChI is InChI=1S/C21H19NO5/c1-22-19-13(5-4-11-8-16-17(9-14(11)19)27-10-26-16)12-6-7-15(24-2)20(25-3)18(12)21(22)23/h6-9H,4-5,10H2,1-3H3. The fraction of sp³-hybridized carbons (Fsp3) is 0.286. The molecule has 1 aliphatic heterocycles. The molecule has 0 bridgehead atoms. The SMILES string of the molecule is COc1ccc2c3c(n(C)c(=O)c2c1OC)-c1cc2c(cc1CC3)OCO2. The smallest absolute Gasteiger partial charge is 0.262 e. The molecule has 0 radical (unpaired) electrons. The van der Waals surface area contributed by atoms with Gasteiger partial charge in [0, 0.05) is 12.6 Å². The molecule has 27 heavy (non-hydrogen) atoms. The van der Waals surface area contributed by atoms with Gasteiger partial charge in [-0.1, -0.05) is 0 Å². The minimum atomic E-state index is -0.106. The van der Waals surface area contributed by atoms with Crippen LogP contribution in [0.3, 0.4) is 0 Å². The number of nitrogens with zero attached hydrogens (tertiary/aromatic N) is 1. The Bertz CT molecular complexity index is 1160. The Labute approximate surface area is 155 Å². The van der Waals surface area contributed by atoms with E-state index in [1.807, 2.05) is 24.3 Å². The lowest BCUT2D eigenvalue weighted by molar-refractivity contribution is 0.174. The zero-order valence-corrected chi connectivity index (χ0v) is 15.4. The number of benzene rings is 2. The van der Waals surface area contributed by atoms with Crippen LogP contribution in [0.2, 0.25) is 0 Å². The number of rotatable bonds is 2. The van der Waals surface area contributed by atoms with Crippen molar-refractivity contribution in [1.82, 2.24) is 4.57 Å². The molecule has 138 valence electrons. The van der Waals surface area contributed by atoms with E-state index in [1.54, 1.807) is 25.8 Å². The highest BCUT2D eigenvalue weighted by atomic mass is 16.7. The third-order valence-corrected chi connectivity index (χ3v) is 5.51. The number of methoxy groups -OCH3 is 2. The number of hydrogen-bond acceptors (Lipinski definition) is 5. The van der Waals surface area contributed by atoms with E-state index in [2.05, 4.69) is 0 Å². The van der Waals surface area contributed by atoms with E-state index >= 15 is 0 Å². The van der Waals surface area contributed by atoms with Crippen LogP contribution in [0.1, 0.15) is 11.1 Å². The number of fused-ring (bicyclic) bond motifs is 6. The molecule has 6 heteroatoms. The first-order valence-electron chi connectivity index (χ1n) is 8.83. The quantitative estimate of drug-likeness (QED) is 0.699. The molecule has 0 fully saturated rings. The summed E-state index contributed by atoms with van der Waals surface area (Å²) in [6.45, 7) is 0.235. The maximum Gasteiger partial charge on any atom is 0.262 e. The van der Waals surface area contributed by atoms with Gasteiger partial charge in [-0.15, -0.1) is 0 Å². The van der Waals surface area contributed by atoms with Gasteiger partial charge >= 0.3 is 0 Å². The van der Waals surface area contributed by atoms with Gasteiger partial charge in [0.2, 0.25) is 6.79 Å². The van der Waals surface area contributed by atoms with E-state index < -0.39 is 0 Å². The predicted molar refractivity (Wildman–Crippen MR) is 101 cm³/mol. The summed E-state index contributed by atoms with van der Waals surface area (Å²) in [6.07, 6.45) is 1.71. The van der Waals surface area contributed by atoms with Gasteiger partial charge in [0.15, 0.2) is 23.0 Å². The second-order valence-corrected chi connectivity index (χ2v) is 6.78. The number of aryl methyl sites for hydroxylation is 2. The van der Waals surface area contributed by atoms with E-state index in [-0.39, 0.29) is 12.4 Å². The van der Waals surface area contributed by atoms with Crippen LogP contribution in [0.15, 0.2) is 29.1 Å². The van der Waals surface area contributed by atoms with Gasteiger partial charge in [-0.3, -0.25) is 4.79 Å². The van der Waals surface area contributed by atoms with Gasteiger partial charge in [0.1, 0.15) is 0 Å². The van der Waals surface area contributed by atoms with E-state index in [9.17, 15) is 4.79 Å². The van der Waals surface area contributed by atoms with Gasteiger partial charge in [-0.2, -0.15) is 0 Å². The van der Waals surface area contributed by atoms with Crippen molar-refractivity contribution in [1.29, 1.82) is 0 Å². The average Bonchev–Trinajstić information content (AvgIpc) is 3.15. The molecule has 0 atom stereocenters. The molecule has 0 saturated heterocycles. The largest absolute Gasteiger partial charge is 0.493 e. The molecule has 3 aromatic rings. The van der Waals surface area contributed by atoms with Gasteiger partial charge < -0.3 is 23.5 Å². The molecule has 1 aromatic heterocycles. The van der Waals surface area contributed by atoms with Crippen molar-refractivity contribution in [2.45, 2.75) is 12.8 Å². The lowest BCUT2D eigenvalue weighted by Gasteiger charge is -2.25. The lowest BCUT2D eigenvalue weighted by atomic mass is 9.85. The highest BCUT2D eigenvalue weighted by molar-refractivity contribution is 5.96. The first-order chi connectivity index (χ1) is 13.1. The first-order valence-corrected chi connectivity index (χ1v) is 8.83. The van der Waals surface area contributed by atoms with Crippen molar-refractivity contribution in [3.8, 4) is 34.3 Å². The minimum absolute atomic E-state index is 0.106. The molecule has 1 aliphatic carbocycles. The third-order valence-electron chi connectivity index (χ3n) is 5.51. The molecule has 0 amide bonds. The van der Waals surface area contributed by atoms with Crippen LogP contribution < -0.4 is 24.5 Å². The molecule has 2 heterocycles. The van der Waals surface area contributed by atoms with Crippen molar-refractivity contribution >= 4 is 10.8 Å². The topological polar surface area (TPSA) is 58.9 Å². The van der Waals surface area contributed by atoms with Gasteiger partial charge in [-0.05, 0) is 53.6 Å². The number of aromatic nitrogens is 1. The summed E-state index contributed by atoms with van der Waals surface area (Å²) in [5.74, 6) is 2.53. The van der Waals surface area contributed by atoms with Crippen molar-refractivity contribution in [3.63, 3.8) is 0 Å². The van der Waals surface area contributed by atoms with Crippen LogP contribution in [0.25, 0.3) is 22.0 Å². The maximum absolute atomic E-state index is 13.3.